The molecule has 0 bridgehead atoms. The zero-order valence-corrected chi connectivity index (χ0v) is 30.1. The van der Waals surface area contributed by atoms with Gasteiger partial charge < -0.3 is 14.8 Å². The minimum Gasteiger partial charge on any atom is -0.465 e. The first-order chi connectivity index (χ1) is 23.7. The summed E-state index contributed by atoms with van der Waals surface area (Å²) in [5.41, 5.74) is 2.86. The van der Waals surface area contributed by atoms with Crippen LogP contribution in [0.25, 0.3) is 32.4 Å². The highest BCUT2D eigenvalue weighted by Gasteiger charge is 2.28. The van der Waals surface area contributed by atoms with Gasteiger partial charge in [0, 0.05) is 30.5 Å². The lowest BCUT2D eigenvalue weighted by Crippen LogP contribution is -2.36. The number of fused-ring (bicyclic) bond motifs is 2. The lowest BCUT2D eigenvalue weighted by atomic mass is 9.94. The van der Waals surface area contributed by atoms with Gasteiger partial charge in [-0.15, -0.1) is 0 Å². The van der Waals surface area contributed by atoms with Crippen LogP contribution in [0.1, 0.15) is 43.6 Å². The van der Waals surface area contributed by atoms with E-state index in [1.165, 1.54) is 29.7 Å². The highest BCUT2D eigenvalue weighted by Crippen LogP contribution is 2.42. The highest BCUT2D eigenvalue weighted by atomic mass is 35.5. The Morgan fingerprint density at radius 2 is 1.74 bits per heavy atom. The van der Waals surface area contributed by atoms with Gasteiger partial charge in [0.15, 0.2) is 11.5 Å². The Labute approximate surface area is 298 Å². The van der Waals surface area contributed by atoms with E-state index in [0.29, 0.717) is 54.1 Å². The molecule has 6 aromatic rings. The zero-order valence-electron chi connectivity index (χ0n) is 27.7. The molecule has 0 radical (unpaired) electrons. The summed E-state index contributed by atoms with van der Waals surface area (Å²) in [5, 5.41) is 8.70. The topological polar surface area (TPSA) is 120 Å². The number of alkyl carbamates (subject to hydrolysis) is 1. The summed E-state index contributed by atoms with van der Waals surface area (Å²) in [7, 11) is 0.284. The lowest BCUT2D eigenvalue weighted by molar-refractivity contribution is 0.0502. The second kappa shape index (κ2) is 14.3. The maximum Gasteiger partial charge on any atom is 0.408 e. The molecule has 0 aliphatic heterocycles. The van der Waals surface area contributed by atoms with E-state index < -0.39 is 40.4 Å². The van der Waals surface area contributed by atoms with Crippen molar-refractivity contribution in [3.05, 3.63) is 100 Å². The van der Waals surface area contributed by atoms with Crippen molar-refractivity contribution in [1.82, 2.24) is 25.1 Å². The third-order valence-electron chi connectivity index (χ3n) is 7.45. The molecule has 260 valence electrons. The lowest BCUT2D eigenvalue weighted by Gasteiger charge is -2.25. The molecule has 3 aromatic carbocycles. The number of carbonyl (C=O) groups is 1. The molecule has 1 unspecified atom stereocenters. The molecule has 3 heterocycles. The van der Waals surface area contributed by atoms with Gasteiger partial charge in [-0.05, 0) is 62.6 Å². The number of halogens is 3. The molecule has 3 aromatic heterocycles. The molecule has 50 heavy (non-hydrogen) atoms. The number of thiazole rings is 1. The number of hydrogen-bond acceptors (Lipinski definition) is 8. The zero-order chi connectivity index (χ0) is 35.7. The van der Waals surface area contributed by atoms with Gasteiger partial charge in [-0.3, -0.25) is 9.40 Å². The van der Waals surface area contributed by atoms with Crippen molar-refractivity contribution in [2.45, 2.75) is 45.4 Å². The predicted molar refractivity (Wildman–Crippen MR) is 193 cm³/mol. The Kier molecular flexibility index (Phi) is 10.1. The number of aryl methyl sites for hydroxylation is 1. The number of amides is 1. The van der Waals surface area contributed by atoms with Crippen molar-refractivity contribution in [1.29, 1.82) is 0 Å². The number of ether oxygens (including phenoxy) is 2. The molecule has 2 N–H and O–H groups in total. The molecule has 2 atom stereocenters. The molecular formula is C35H33ClF2N6O4S2. The first-order valence-electron chi connectivity index (χ1n) is 15.4. The van der Waals surface area contributed by atoms with Crippen LogP contribution < -0.4 is 14.8 Å². The average Bonchev–Trinajstić information content (AvgIpc) is 3.58. The Hall–Kier alpha value is -4.66. The maximum absolute atomic E-state index is 14.4. The minimum atomic E-state index is -1.44. The van der Waals surface area contributed by atoms with Gasteiger partial charge in [-0.25, -0.2) is 22.8 Å². The fourth-order valence-electron chi connectivity index (χ4n) is 5.55. The molecule has 6 rings (SSSR count). The number of anilines is 1. The molecule has 0 fully saturated rings. The fourth-order valence-corrected chi connectivity index (χ4v) is 7.01. The van der Waals surface area contributed by atoms with Crippen molar-refractivity contribution < 1.29 is 27.3 Å². The Morgan fingerprint density at radius 1 is 1.02 bits per heavy atom. The summed E-state index contributed by atoms with van der Waals surface area (Å²) in [6, 6.07) is 17.2. The number of benzene rings is 3. The highest BCUT2D eigenvalue weighted by molar-refractivity contribution is 7.85. The SMILES string of the molecule is Cn1nc(NS(C)=O)c2c(Cl)ccc(-c3cc4sc(OCc5ccccc5)nc4nc3[C@H](Cc3cc(F)cc(F)c3)NC(=O)OC(C)(C)C)c21. The molecule has 15 heteroatoms. The average molecular weight is 739 g/mol. The number of rotatable bonds is 10. The molecule has 0 spiro atoms. The van der Waals surface area contributed by atoms with Gasteiger partial charge in [-0.2, -0.15) is 10.1 Å². The quantitative estimate of drug-likeness (QED) is 0.145. The van der Waals surface area contributed by atoms with Gasteiger partial charge in [0.25, 0.3) is 5.19 Å². The summed E-state index contributed by atoms with van der Waals surface area (Å²) in [5.74, 6) is -1.21. The van der Waals surface area contributed by atoms with Gasteiger partial charge in [0.1, 0.15) is 34.8 Å². The fraction of sp³-hybridized carbons (Fsp3) is 0.257. The van der Waals surface area contributed by atoms with Crippen LogP contribution in [0.4, 0.5) is 19.4 Å². The van der Waals surface area contributed by atoms with Crippen LogP contribution in [0.2, 0.25) is 5.02 Å². The van der Waals surface area contributed by atoms with Crippen molar-refractivity contribution in [3.8, 4) is 16.3 Å². The standard InChI is InChI=1S/C35H33ClF2N6O4S2/c1-35(2,3)48-33(45)39-26(15-20-13-21(37)16-22(38)14-20)29-24(23-11-12-25(36)28-30(23)44(4)42-32(28)43-50(5)46)17-27-31(40-29)41-34(49-27)47-18-19-9-7-6-8-10-19/h6-14,16-17,26H,15,18H2,1-5H3,(H,39,45)(H,42,43)/t26-,50?/m0/s1. The number of nitrogens with zero attached hydrogens (tertiary/aromatic N) is 4. The van der Waals surface area contributed by atoms with E-state index in [1.54, 1.807) is 44.6 Å². The van der Waals surface area contributed by atoms with Crippen LogP contribution in [0.3, 0.4) is 0 Å². The van der Waals surface area contributed by atoms with Gasteiger partial charge in [-0.1, -0.05) is 59.3 Å². The molecule has 10 nitrogen and oxygen atoms in total. The summed E-state index contributed by atoms with van der Waals surface area (Å²) >= 11 is 7.99. The number of pyridine rings is 1. The van der Waals surface area contributed by atoms with Gasteiger partial charge in [0.05, 0.1) is 32.4 Å². The molecule has 0 aliphatic rings. The minimum absolute atomic E-state index is 0.0509. The van der Waals surface area contributed by atoms with Crippen LogP contribution in [0, 0.1) is 11.6 Å². The number of nitrogens with one attached hydrogen (secondary N) is 2. The van der Waals surface area contributed by atoms with Crippen molar-refractivity contribution in [3.63, 3.8) is 0 Å². The number of aromatic nitrogens is 4. The molecule has 1 amide bonds. The van der Waals surface area contributed by atoms with E-state index >= 15 is 0 Å². The van der Waals surface area contributed by atoms with E-state index in [2.05, 4.69) is 20.1 Å². The monoisotopic (exact) mass is 738 g/mol. The van der Waals surface area contributed by atoms with Crippen molar-refractivity contribution in [2.24, 2.45) is 7.05 Å². The van der Waals surface area contributed by atoms with E-state index in [4.69, 9.17) is 26.1 Å². The number of carbonyl (C=O) groups excluding carboxylic acids is 1. The van der Waals surface area contributed by atoms with Gasteiger partial charge >= 0.3 is 6.09 Å². The first kappa shape index (κ1) is 35.2. The van der Waals surface area contributed by atoms with Crippen LogP contribution in [-0.4, -0.2) is 41.9 Å². The Morgan fingerprint density at radius 3 is 2.42 bits per heavy atom. The van der Waals surface area contributed by atoms with Crippen LogP contribution >= 0.6 is 22.9 Å². The summed E-state index contributed by atoms with van der Waals surface area (Å²) in [6.45, 7) is 5.48. The van der Waals surface area contributed by atoms with Crippen LogP contribution in [-0.2, 0) is 35.8 Å². The predicted octanol–water partition coefficient (Wildman–Crippen LogP) is 8.27. The number of hydrogen-bond donors (Lipinski definition) is 2. The third kappa shape index (κ3) is 8.03. The largest absolute Gasteiger partial charge is 0.465 e. The summed E-state index contributed by atoms with van der Waals surface area (Å²) < 4.78 is 57.8. The smallest absolute Gasteiger partial charge is 0.408 e. The van der Waals surface area contributed by atoms with E-state index in [9.17, 15) is 17.8 Å². The van der Waals surface area contributed by atoms with E-state index in [0.717, 1.165) is 11.6 Å². The second-order valence-corrected chi connectivity index (χ2v) is 15.0. The normalized spacial score (nSPS) is 13.0. The van der Waals surface area contributed by atoms with Crippen molar-refractivity contribution >= 4 is 67.1 Å². The van der Waals surface area contributed by atoms with E-state index in [1.807, 2.05) is 36.4 Å². The molecule has 0 aliphatic carbocycles. The summed E-state index contributed by atoms with van der Waals surface area (Å²) in [4.78, 5) is 22.9. The van der Waals surface area contributed by atoms with Crippen molar-refractivity contribution in [2.75, 3.05) is 11.0 Å². The molecule has 0 saturated carbocycles. The maximum atomic E-state index is 14.4. The molecular weight excluding hydrogens is 706 g/mol. The second-order valence-electron chi connectivity index (χ2n) is 12.5. The Balaban J connectivity index is 1.55. The van der Waals surface area contributed by atoms with Crippen LogP contribution in [0.15, 0.2) is 66.7 Å². The summed E-state index contributed by atoms with van der Waals surface area (Å²) in [6.07, 6.45) is 0.679. The van der Waals surface area contributed by atoms with Crippen LogP contribution in [0.5, 0.6) is 5.19 Å². The first-order valence-corrected chi connectivity index (χ1v) is 18.2. The van der Waals surface area contributed by atoms with Gasteiger partial charge in [0.2, 0.25) is 0 Å². The Bertz CT molecular complexity index is 2220. The van der Waals surface area contributed by atoms with E-state index in [-0.39, 0.29) is 18.6 Å². The molecule has 0 saturated heterocycles. The third-order valence-corrected chi connectivity index (χ3v) is 9.15.